The molecule has 20 heavy (non-hydrogen) atoms. The molecule has 2 aliphatic carbocycles. The van der Waals surface area contributed by atoms with E-state index in [9.17, 15) is 4.79 Å². The first-order valence-corrected chi connectivity index (χ1v) is 7.73. The molecule has 108 valence electrons. The van der Waals surface area contributed by atoms with E-state index in [1.807, 2.05) is 0 Å². The van der Waals surface area contributed by atoms with Gasteiger partial charge in [0.25, 0.3) is 0 Å². The molecule has 1 aromatic rings. The van der Waals surface area contributed by atoms with Crippen molar-refractivity contribution >= 4 is 5.97 Å². The van der Waals surface area contributed by atoms with Crippen molar-refractivity contribution in [2.75, 3.05) is 7.11 Å². The molecule has 0 unspecified atom stereocenters. The summed E-state index contributed by atoms with van der Waals surface area (Å²) in [6.07, 6.45) is 6.67. The number of hydrogen-bond donors (Lipinski definition) is 0. The minimum atomic E-state index is -0.123. The average Bonchev–Trinajstić information content (AvgIpc) is 3.00. The SMILES string of the molecule is COC(=O)c1c2c(c(C(C)(C)C)c3c1CCC3)CCC2. The first kappa shape index (κ1) is 13.7. The minimum Gasteiger partial charge on any atom is -0.465 e. The van der Waals surface area contributed by atoms with Crippen LogP contribution in [0.15, 0.2) is 0 Å². The molecule has 2 nitrogen and oxygen atoms in total. The van der Waals surface area contributed by atoms with Gasteiger partial charge in [-0.3, -0.25) is 0 Å². The fourth-order valence-corrected chi connectivity index (χ4v) is 4.21. The van der Waals surface area contributed by atoms with Crippen molar-refractivity contribution in [2.24, 2.45) is 0 Å². The van der Waals surface area contributed by atoms with Crippen molar-refractivity contribution in [1.29, 1.82) is 0 Å². The van der Waals surface area contributed by atoms with Crippen LogP contribution in [0.5, 0.6) is 0 Å². The Labute approximate surface area is 121 Å². The maximum absolute atomic E-state index is 12.3. The summed E-state index contributed by atoms with van der Waals surface area (Å²) in [7, 11) is 1.50. The number of fused-ring (bicyclic) bond motifs is 2. The topological polar surface area (TPSA) is 26.3 Å². The second-order valence-electron chi connectivity index (χ2n) is 7.11. The zero-order chi connectivity index (χ0) is 14.5. The second-order valence-corrected chi connectivity index (χ2v) is 7.11. The van der Waals surface area contributed by atoms with Gasteiger partial charge in [-0.1, -0.05) is 20.8 Å². The first-order valence-electron chi connectivity index (χ1n) is 7.73. The van der Waals surface area contributed by atoms with E-state index < -0.39 is 0 Å². The molecule has 0 heterocycles. The number of rotatable bonds is 1. The standard InChI is InChI=1S/C18H24O2/c1-18(2,3)16-13-9-5-7-11(13)15(17(19)20-4)12-8-6-10-14(12)16/h5-10H2,1-4H3. The molecule has 0 spiro atoms. The Balaban J connectivity index is 2.34. The number of esters is 1. The predicted molar refractivity (Wildman–Crippen MR) is 80.5 cm³/mol. The molecule has 0 saturated carbocycles. The van der Waals surface area contributed by atoms with E-state index in [-0.39, 0.29) is 11.4 Å². The summed E-state index contributed by atoms with van der Waals surface area (Å²) in [4.78, 5) is 12.3. The van der Waals surface area contributed by atoms with Gasteiger partial charge in [-0.2, -0.15) is 0 Å². The minimum absolute atomic E-state index is 0.123. The maximum atomic E-state index is 12.3. The van der Waals surface area contributed by atoms with Crippen LogP contribution in [0.25, 0.3) is 0 Å². The molecule has 0 bridgehead atoms. The Morgan fingerprint density at radius 1 is 0.900 bits per heavy atom. The average molecular weight is 272 g/mol. The Kier molecular flexibility index (Phi) is 3.15. The molecule has 0 radical (unpaired) electrons. The van der Waals surface area contributed by atoms with E-state index in [4.69, 9.17) is 4.74 Å². The third-order valence-electron chi connectivity index (χ3n) is 4.78. The van der Waals surface area contributed by atoms with Crippen LogP contribution in [0.3, 0.4) is 0 Å². The van der Waals surface area contributed by atoms with Crippen molar-refractivity contribution < 1.29 is 9.53 Å². The number of ether oxygens (including phenoxy) is 1. The molecule has 2 heteroatoms. The summed E-state index contributed by atoms with van der Waals surface area (Å²) in [6.45, 7) is 6.91. The molecule has 0 N–H and O–H groups in total. The molecule has 0 amide bonds. The second kappa shape index (κ2) is 4.61. The summed E-state index contributed by atoms with van der Waals surface area (Å²) in [5.41, 5.74) is 8.12. The highest BCUT2D eigenvalue weighted by molar-refractivity contribution is 5.94. The van der Waals surface area contributed by atoms with Crippen molar-refractivity contribution in [1.82, 2.24) is 0 Å². The summed E-state index contributed by atoms with van der Waals surface area (Å²) in [5, 5.41) is 0. The van der Waals surface area contributed by atoms with Gasteiger partial charge in [0, 0.05) is 0 Å². The largest absolute Gasteiger partial charge is 0.465 e. The van der Waals surface area contributed by atoms with Crippen LogP contribution in [0.4, 0.5) is 0 Å². The number of methoxy groups -OCH3 is 1. The van der Waals surface area contributed by atoms with E-state index in [0.29, 0.717) is 0 Å². The Morgan fingerprint density at radius 2 is 1.35 bits per heavy atom. The monoisotopic (exact) mass is 272 g/mol. The van der Waals surface area contributed by atoms with Crippen LogP contribution in [0, 0.1) is 0 Å². The van der Waals surface area contributed by atoms with E-state index in [0.717, 1.165) is 31.2 Å². The Hall–Kier alpha value is -1.31. The molecule has 2 aliphatic rings. The van der Waals surface area contributed by atoms with Gasteiger partial charge in [0.1, 0.15) is 0 Å². The fourth-order valence-electron chi connectivity index (χ4n) is 4.21. The zero-order valence-corrected chi connectivity index (χ0v) is 13.1. The van der Waals surface area contributed by atoms with Gasteiger partial charge in [0.05, 0.1) is 12.7 Å². The maximum Gasteiger partial charge on any atom is 0.338 e. The van der Waals surface area contributed by atoms with Gasteiger partial charge >= 0.3 is 5.97 Å². The molecule has 0 saturated heterocycles. The molecule has 0 atom stereocenters. The predicted octanol–water partition coefficient (Wildman–Crippen LogP) is 3.75. The van der Waals surface area contributed by atoms with Gasteiger partial charge in [0.2, 0.25) is 0 Å². The smallest absolute Gasteiger partial charge is 0.338 e. The van der Waals surface area contributed by atoms with Crippen LogP contribution in [0.1, 0.15) is 71.8 Å². The van der Waals surface area contributed by atoms with Crippen LogP contribution < -0.4 is 0 Å². The molecule has 0 aromatic heterocycles. The van der Waals surface area contributed by atoms with Gasteiger partial charge in [-0.05, 0) is 71.8 Å². The normalized spacial score (nSPS) is 17.0. The quantitative estimate of drug-likeness (QED) is 0.728. The summed E-state index contributed by atoms with van der Waals surface area (Å²) >= 11 is 0. The number of carbonyl (C=O) groups excluding carboxylic acids is 1. The number of benzene rings is 1. The summed E-state index contributed by atoms with van der Waals surface area (Å²) in [5.74, 6) is -0.123. The third-order valence-corrected chi connectivity index (χ3v) is 4.78. The van der Waals surface area contributed by atoms with Gasteiger partial charge in [-0.25, -0.2) is 4.79 Å². The van der Waals surface area contributed by atoms with Crippen LogP contribution >= 0.6 is 0 Å². The lowest BCUT2D eigenvalue weighted by molar-refractivity contribution is 0.0598. The molecule has 3 rings (SSSR count). The van der Waals surface area contributed by atoms with Gasteiger partial charge < -0.3 is 4.74 Å². The van der Waals surface area contributed by atoms with E-state index in [2.05, 4.69) is 20.8 Å². The fraction of sp³-hybridized carbons (Fsp3) is 0.611. The van der Waals surface area contributed by atoms with Crippen molar-refractivity contribution in [2.45, 2.75) is 64.7 Å². The van der Waals surface area contributed by atoms with E-state index >= 15 is 0 Å². The molecule has 0 aliphatic heterocycles. The summed E-state index contributed by atoms with van der Waals surface area (Å²) in [6, 6.07) is 0. The number of carbonyl (C=O) groups is 1. The van der Waals surface area contributed by atoms with Crippen LogP contribution in [0.2, 0.25) is 0 Å². The Morgan fingerprint density at radius 3 is 1.75 bits per heavy atom. The molecule has 0 fully saturated rings. The lowest BCUT2D eigenvalue weighted by Crippen LogP contribution is -2.20. The van der Waals surface area contributed by atoms with Crippen molar-refractivity contribution in [3.8, 4) is 0 Å². The van der Waals surface area contributed by atoms with Crippen molar-refractivity contribution in [3.63, 3.8) is 0 Å². The van der Waals surface area contributed by atoms with Gasteiger partial charge in [-0.15, -0.1) is 0 Å². The number of hydrogen-bond acceptors (Lipinski definition) is 2. The van der Waals surface area contributed by atoms with E-state index in [1.54, 1.807) is 0 Å². The summed E-state index contributed by atoms with van der Waals surface area (Å²) < 4.78 is 5.07. The molecular formula is C18H24O2. The zero-order valence-electron chi connectivity index (χ0n) is 13.1. The highest BCUT2D eigenvalue weighted by Gasteiger charge is 2.35. The van der Waals surface area contributed by atoms with Gasteiger partial charge in [0.15, 0.2) is 0 Å². The lowest BCUT2D eigenvalue weighted by atomic mass is 9.76. The highest BCUT2D eigenvalue weighted by Crippen LogP contribution is 2.43. The van der Waals surface area contributed by atoms with E-state index in [1.165, 1.54) is 47.8 Å². The Bertz CT molecular complexity index is 541. The van der Waals surface area contributed by atoms with Crippen LogP contribution in [-0.2, 0) is 35.8 Å². The molecular weight excluding hydrogens is 248 g/mol. The third kappa shape index (κ3) is 1.88. The molecule has 1 aromatic carbocycles. The first-order chi connectivity index (χ1) is 9.45. The van der Waals surface area contributed by atoms with Crippen molar-refractivity contribution in [3.05, 3.63) is 33.4 Å². The highest BCUT2D eigenvalue weighted by atomic mass is 16.5. The lowest BCUT2D eigenvalue weighted by Gasteiger charge is -2.28. The van der Waals surface area contributed by atoms with Crippen LogP contribution in [-0.4, -0.2) is 13.1 Å².